The number of carbonyl (C=O) groups is 1. The first kappa shape index (κ1) is 13.0. The van der Waals surface area contributed by atoms with Gasteiger partial charge < -0.3 is 10.5 Å². The van der Waals surface area contributed by atoms with Crippen molar-refractivity contribution in [3.63, 3.8) is 0 Å². The number of rotatable bonds is 4. The molecule has 0 aliphatic rings. The molecule has 0 aromatic carbocycles. The van der Waals surface area contributed by atoms with Crippen LogP contribution in [0.2, 0.25) is 0 Å². The van der Waals surface area contributed by atoms with Gasteiger partial charge in [0.15, 0.2) is 0 Å². The molecule has 0 rings (SSSR count). The average Bonchev–Trinajstić information content (AvgIpc) is 2.15. The Balaban J connectivity index is 4.72. The van der Waals surface area contributed by atoms with Crippen LogP contribution in [-0.4, -0.2) is 18.9 Å². The predicted octanol–water partition coefficient (Wildman–Crippen LogP) is 1.62. The van der Waals surface area contributed by atoms with E-state index >= 15 is 0 Å². The van der Waals surface area contributed by atoms with Gasteiger partial charge in [-0.1, -0.05) is 20.4 Å². The third kappa shape index (κ3) is 2.73. The molecular weight excluding hydrogens is 180 g/mol. The van der Waals surface area contributed by atoms with E-state index in [9.17, 15) is 4.79 Å². The van der Waals surface area contributed by atoms with Gasteiger partial charge in [-0.25, -0.2) is 4.79 Å². The van der Waals surface area contributed by atoms with Gasteiger partial charge in [0.2, 0.25) is 0 Å². The number of carbonyl (C=O) groups excluding carboxylic acids is 1. The Hall–Kier alpha value is -1.03. The number of hydrogen-bond donors (Lipinski definition) is 2. The number of nitrogens with two attached hydrogens (primary N) is 1. The van der Waals surface area contributed by atoms with E-state index in [0.29, 0.717) is 0 Å². The Morgan fingerprint density at radius 2 is 2.21 bits per heavy atom. The minimum absolute atomic E-state index is 0.110. The normalized spacial score (nSPS) is 16.6. The van der Waals surface area contributed by atoms with E-state index in [2.05, 4.69) is 16.6 Å². The number of hydrogen-bond acceptors (Lipinski definition) is 3. The van der Waals surface area contributed by atoms with Crippen molar-refractivity contribution in [3.8, 4) is 0 Å². The molecule has 0 aromatic heterocycles. The second-order valence-electron chi connectivity index (χ2n) is 3.58. The summed E-state index contributed by atoms with van der Waals surface area (Å²) in [6.45, 7) is 9.55. The Bertz CT molecular complexity index is 228. The summed E-state index contributed by atoms with van der Waals surface area (Å²) in [4.78, 5) is 11.1. The van der Waals surface area contributed by atoms with Crippen molar-refractivity contribution in [2.45, 2.75) is 32.9 Å². The second kappa shape index (κ2) is 5.00. The minimum atomic E-state index is -0.887. The molecule has 0 bridgehead atoms. The van der Waals surface area contributed by atoms with Crippen LogP contribution in [0.15, 0.2) is 12.2 Å². The second-order valence-corrected chi connectivity index (χ2v) is 3.58. The van der Waals surface area contributed by atoms with Crippen molar-refractivity contribution >= 4 is 6.09 Å². The summed E-state index contributed by atoms with van der Waals surface area (Å²) in [5, 5.41) is 2.61. The minimum Gasteiger partial charge on any atom is -0.453 e. The highest BCUT2D eigenvalue weighted by molar-refractivity contribution is 5.68. The number of amides is 1. The average molecular weight is 200 g/mol. The van der Waals surface area contributed by atoms with Crippen LogP contribution in [0.5, 0.6) is 0 Å². The zero-order chi connectivity index (χ0) is 11.4. The molecule has 3 N–H and O–H groups in total. The molecule has 4 nitrogen and oxygen atoms in total. The lowest BCUT2D eigenvalue weighted by atomic mass is 9.87. The largest absolute Gasteiger partial charge is 0.453 e. The van der Waals surface area contributed by atoms with Crippen molar-refractivity contribution in [3.05, 3.63) is 12.2 Å². The SMILES string of the molecule is C=C(C)[C@@](N)(NC(=O)OC)[C@@H](C)CC. The topological polar surface area (TPSA) is 64.3 Å². The molecule has 0 spiro atoms. The van der Waals surface area contributed by atoms with Gasteiger partial charge in [0.25, 0.3) is 0 Å². The van der Waals surface area contributed by atoms with Crippen molar-refractivity contribution in [2.75, 3.05) is 7.11 Å². The standard InChI is InChI=1S/C10H20N2O2/c1-6-8(4)10(11,7(2)3)12-9(13)14-5/h8H,2,6,11H2,1,3-5H3,(H,12,13)/t8-,10+/m0/s1. The van der Waals surface area contributed by atoms with Crippen LogP contribution >= 0.6 is 0 Å². The van der Waals surface area contributed by atoms with E-state index < -0.39 is 11.8 Å². The molecule has 0 heterocycles. The Labute approximate surface area is 85.5 Å². The quantitative estimate of drug-likeness (QED) is 0.535. The summed E-state index contributed by atoms with van der Waals surface area (Å²) < 4.78 is 4.52. The van der Waals surface area contributed by atoms with Crippen molar-refractivity contribution < 1.29 is 9.53 Å². The molecule has 0 fully saturated rings. The maximum Gasteiger partial charge on any atom is 0.408 e. The lowest BCUT2D eigenvalue weighted by molar-refractivity contribution is 0.150. The molecule has 2 atom stereocenters. The molecule has 0 aliphatic carbocycles. The van der Waals surface area contributed by atoms with Crippen molar-refractivity contribution in [1.82, 2.24) is 5.32 Å². The Kier molecular flexibility index (Phi) is 4.63. The fourth-order valence-corrected chi connectivity index (χ4v) is 1.19. The highest BCUT2D eigenvalue weighted by atomic mass is 16.5. The lowest BCUT2D eigenvalue weighted by Gasteiger charge is -2.35. The van der Waals surface area contributed by atoms with E-state index in [1.807, 2.05) is 13.8 Å². The molecule has 0 aromatic rings. The van der Waals surface area contributed by atoms with Crippen LogP contribution in [0.3, 0.4) is 0 Å². The van der Waals surface area contributed by atoms with Crippen LogP contribution in [-0.2, 0) is 4.74 Å². The summed E-state index contributed by atoms with van der Waals surface area (Å²) in [6.07, 6.45) is 0.323. The van der Waals surface area contributed by atoms with Gasteiger partial charge in [-0.15, -0.1) is 0 Å². The van der Waals surface area contributed by atoms with Crippen LogP contribution in [0, 0.1) is 5.92 Å². The smallest absolute Gasteiger partial charge is 0.408 e. The predicted molar refractivity (Wildman–Crippen MR) is 56.7 cm³/mol. The third-order valence-electron chi connectivity index (χ3n) is 2.59. The van der Waals surface area contributed by atoms with E-state index in [1.165, 1.54) is 7.11 Å². The van der Waals surface area contributed by atoms with Crippen LogP contribution in [0.1, 0.15) is 27.2 Å². The molecule has 4 heteroatoms. The molecule has 14 heavy (non-hydrogen) atoms. The number of alkyl carbamates (subject to hydrolysis) is 1. The lowest BCUT2D eigenvalue weighted by Crippen LogP contribution is -2.60. The first-order chi connectivity index (χ1) is 6.38. The van der Waals surface area contributed by atoms with Gasteiger partial charge in [-0.3, -0.25) is 5.32 Å². The maximum absolute atomic E-state index is 11.1. The van der Waals surface area contributed by atoms with E-state index in [0.717, 1.165) is 12.0 Å². The van der Waals surface area contributed by atoms with Gasteiger partial charge in [-0.2, -0.15) is 0 Å². The number of nitrogens with one attached hydrogen (secondary N) is 1. The van der Waals surface area contributed by atoms with Crippen molar-refractivity contribution in [2.24, 2.45) is 11.7 Å². The number of ether oxygens (including phenoxy) is 1. The summed E-state index contributed by atoms with van der Waals surface area (Å²) in [5.41, 5.74) is 5.89. The highest BCUT2D eigenvalue weighted by Crippen LogP contribution is 2.21. The number of methoxy groups -OCH3 is 1. The molecule has 0 saturated carbocycles. The van der Waals surface area contributed by atoms with Crippen LogP contribution < -0.4 is 11.1 Å². The molecule has 0 saturated heterocycles. The van der Waals surface area contributed by atoms with Gasteiger partial charge >= 0.3 is 6.09 Å². The van der Waals surface area contributed by atoms with Crippen molar-refractivity contribution in [1.29, 1.82) is 0 Å². The monoisotopic (exact) mass is 200 g/mol. The molecule has 1 amide bonds. The maximum atomic E-state index is 11.1. The van der Waals surface area contributed by atoms with Gasteiger partial charge in [0.05, 0.1) is 7.11 Å². The van der Waals surface area contributed by atoms with E-state index in [1.54, 1.807) is 6.92 Å². The van der Waals surface area contributed by atoms with E-state index in [-0.39, 0.29) is 5.92 Å². The fraction of sp³-hybridized carbons (Fsp3) is 0.700. The summed E-state index contributed by atoms with van der Waals surface area (Å²) in [7, 11) is 1.31. The molecule has 82 valence electrons. The highest BCUT2D eigenvalue weighted by Gasteiger charge is 2.33. The summed E-state index contributed by atoms with van der Waals surface area (Å²) in [6, 6.07) is 0. The summed E-state index contributed by atoms with van der Waals surface area (Å²) in [5.74, 6) is 0.110. The first-order valence-corrected chi connectivity index (χ1v) is 4.69. The molecule has 0 radical (unpaired) electrons. The van der Waals surface area contributed by atoms with E-state index in [4.69, 9.17) is 5.73 Å². The van der Waals surface area contributed by atoms with Crippen LogP contribution in [0.25, 0.3) is 0 Å². The van der Waals surface area contributed by atoms with Crippen LogP contribution in [0.4, 0.5) is 4.79 Å². The molecule has 0 aliphatic heterocycles. The van der Waals surface area contributed by atoms with Gasteiger partial charge in [-0.05, 0) is 24.8 Å². The first-order valence-electron chi connectivity index (χ1n) is 4.69. The Morgan fingerprint density at radius 3 is 2.50 bits per heavy atom. The molecular formula is C10H20N2O2. The summed E-state index contributed by atoms with van der Waals surface area (Å²) >= 11 is 0. The Morgan fingerprint density at radius 1 is 1.71 bits per heavy atom. The zero-order valence-electron chi connectivity index (χ0n) is 9.39. The fourth-order valence-electron chi connectivity index (χ4n) is 1.19. The third-order valence-corrected chi connectivity index (χ3v) is 2.59. The zero-order valence-corrected chi connectivity index (χ0v) is 9.39. The molecule has 0 unspecified atom stereocenters. The van der Waals surface area contributed by atoms with Gasteiger partial charge in [0.1, 0.15) is 5.66 Å². The van der Waals surface area contributed by atoms with Gasteiger partial charge in [0, 0.05) is 0 Å².